The smallest absolute Gasteiger partial charge is 0.220 e. The van der Waals surface area contributed by atoms with Crippen molar-refractivity contribution in [2.75, 3.05) is 13.2 Å². The van der Waals surface area contributed by atoms with Crippen molar-refractivity contribution in [3.05, 3.63) is 72.9 Å². The quantitative estimate of drug-likeness (QED) is 0.0261. The summed E-state index contributed by atoms with van der Waals surface area (Å²) in [6.45, 7) is 3.80. The molecule has 9 nitrogen and oxygen atoms in total. The second-order valence-electron chi connectivity index (χ2n) is 27.1. The molecule has 1 fully saturated rings. The topological polar surface area (TPSA) is 149 Å². The minimum atomic E-state index is -1.58. The van der Waals surface area contributed by atoms with Gasteiger partial charge in [-0.1, -0.05) is 363 Å². The van der Waals surface area contributed by atoms with Gasteiger partial charge in [0.25, 0.3) is 0 Å². The molecule has 0 bridgehead atoms. The molecular formula is C81H149NO8. The third-order valence-corrected chi connectivity index (χ3v) is 18.5. The third-order valence-electron chi connectivity index (χ3n) is 18.5. The number of aliphatic hydroxyl groups is 5. The molecule has 9 heteroatoms. The molecule has 90 heavy (non-hydrogen) atoms. The Morgan fingerprint density at radius 3 is 1.01 bits per heavy atom. The van der Waals surface area contributed by atoms with Crippen LogP contribution in [-0.2, 0) is 14.3 Å². The van der Waals surface area contributed by atoms with Crippen molar-refractivity contribution in [3.63, 3.8) is 0 Å². The van der Waals surface area contributed by atoms with E-state index in [2.05, 4.69) is 79.9 Å². The van der Waals surface area contributed by atoms with Crippen LogP contribution in [-0.4, -0.2) is 87.5 Å². The molecule has 0 saturated carbocycles. The van der Waals surface area contributed by atoms with Crippen molar-refractivity contribution in [2.45, 2.75) is 423 Å². The largest absolute Gasteiger partial charge is 0.394 e. The van der Waals surface area contributed by atoms with Crippen LogP contribution in [0.3, 0.4) is 0 Å². The van der Waals surface area contributed by atoms with E-state index in [0.29, 0.717) is 6.42 Å². The van der Waals surface area contributed by atoms with Crippen LogP contribution in [0.1, 0.15) is 380 Å². The zero-order chi connectivity index (χ0) is 64.9. The summed E-state index contributed by atoms with van der Waals surface area (Å²) in [6.07, 6.45) is 91.9. The molecule has 7 unspecified atom stereocenters. The van der Waals surface area contributed by atoms with Crippen LogP contribution >= 0.6 is 0 Å². The number of hydrogen-bond acceptors (Lipinski definition) is 8. The van der Waals surface area contributed by atoms with Crippen LogP contribution in [0.5, 0.6) is 0 Å². The fraction of sp³-hybridized carbons (Fsp3) is 0.840. The van der Waals surface area contributed by atoms with Gasteiger partial charge in [0.1, 0.15) is 24.4 Å². The molecule has 0 radical (unpaired) electrons. The highest BCUT2D eigenvalue weighted by atomic mass is 16.7. The molecule has 0 aromatic heterocycles. The van der Waals surface area contributed by atoms with Gasteiger partial charge in [-0.05, 0) is 83.5 Å². The van der Waals surface area contributed by atoms with Gasteiger partial charge in [-0.3, -0.25) is 4.79 Å². The summed E-state index contributed by atoms with van der Waals surface area (Å²) in [5, 5.41) is 54.8. The summed E-state index contributed by atoms with van der Waals surface area (Å²) >= 11 is 0. The predicted octanol–water partition coefficient (Wildman–Crippen LogP) is 22.3. The van der Waals surface area contributed by atoms with Crippen LogP contribution < -0.4 is 5.32 Å². The molecule has 1 saturated heterocycles. The molecular weight excluding hydrogens is 1110 g/mol. The first-order valence-corrected chi connectivity index (χ1v) is 39.2. The van der Waals surface area contributed by atoms with E-state index in [1.807, 2.05) is 6.08 Å². The second kappa shape index (κ2) is 69.5. The Morgan fingerprint density at radius 1 is 0.378 bits per heavy atom. The number of carbonyl (C=O) groups is 1. The zero-order valence-electron chi connectivity index (χ0n) is 59.1. The number of amides is 1. The van der Waals surface area contributed by atoms with E-state index < -0.39 is 49.5 Å². The van der Waals surface area contributed by atoms with Gasteiger partial charge in [0.05, 0.1) is 25.4 Å². The summed E-state index contributed by atoms with van der Waals surface area (Å²) in [5.41, 5.74) is 0. The number of allylic oxidation sites excluding steroid dienone is 11. The maximum Gasteiger partial charge on any atom is 0.220 e. The normalized spacial score (nSPS) is 18.1. The van der Waals surface area contributed by atoms with E-state index in [9.17, 15) is 30.3 Å². The molecule has 0 aromatic rings. The molecule has 1 heterocycles. The Bertz CT molecular complexity index is 1660. The van der Waals surface area contributed by atoms with Gasteiger partial charge >= 0.3 is 0 Å². The Morgan fingerprint density at radius 2 is 0.667 bits per heavy atom. The van der Waals surface area contributed by atoms with E-state index >= 15 is 0 Å². The van der Waals surface area contributed by atoms with Crippen molar-refractivity contribution in [1.82, 2.24) is 5.32 Å². The number of aliphatic hydroxyl groups excluding tert-OH is 5. The second-order valence-corrected chi connectivity index (χ2v) is 27.1. The predicted molar refractivity (Wildman–Crippen MR) is 387 cm³/mol. The molecule has 1 aliphatic rings. The maximum absolute atomic E-state index is 13.2. The monoisotopic (exact) mass is 1260 g/mol. The molecule has 0 aliphatic carbocycles. The van der Waals surface area contributed by atoms with Crippen molar-refractivity contribution in [2.24, 2.45) is 0 Å². The van der Waals surface area contributed by atoms with Crippen LogP contribution in [0, 0.1) is 0 Å². The first kappa shape index (κ1) is 85.6. The van der Waals surface area contributed by atoms with Crippen molar-refractivity contribution in [3.8, 4) is 0 Å². The van der Waals surface area contributed by atoms with Gasteiger partial charge in [0, 0.05) is 6.42 Å². The summed E-state index contributed by atoms with van der Waals surface area (Å²) < 4.78 is 11.3. The summed E-state index contributed by atoms with van der Waals surface area (Å²) in [7, 11) is 0. The SMILES string of the molecule is CCCCCCC/C=C\C/C=C\C/C=C\CCCCCCCCCCCCCCCCCCCCCCC(=O)NC(COC1OC(CO)C(O)C(O)C1O)C(O)/C=C/CC/C=C/CC/C=C/CCCCCCCCCCCCCCCCCCCCCCCC. The molecule has 0 spiro atoms. The molecule has 1 aliphatic heterocycles. The van der Waals surface area contributed by atoms with E-state index in [1.54, 1.807) is 6.08 Å². The van der Waals surface area contributed by atoms with Crippen LogP contribution in [0.2, 0.25) is 0 Å². The molecule has 7 atom stereocenters. The number of carbonyl (C=O) groups excluding carboxylic acids is 1. The van der Waals surface area contributed by atoms with Gasteiger partial charge in [0.2, 0.25) is 5.91 Å². The highest BCUT2D eigenvalue weighted by molar-refractivity contribution is 5.76. The van der Waals surface area contributed by atoms with Gasteiger partial charge < -0.3 is 40.3 Å². The molecule has 6 N–H and O–H groups in total. The Kier molecular flexibility index (Phi) is 66.1. The molecule has 526 valence electrons. The standard InChI is InChI=1S/C81H149NO8/c1-3-5-7-9-11-13-15-17-19-21-23-25-27-29-31-33-35-37-38-39-41-43-45-47-49-51-53-55-57-59-61-63-65-67-69-71-77(85)82-74(73-89-81-80(88)79(87)78(86)76(72-83)90-81)75(84)70-68-66-64-62-60-58-56-54-52-50-48-46-44-42-40-36-34-32-30-28-26-24-22-20-18-16-14-12-10-8-6-4-2/h15,17,21,23,27,29,52,54,60,62,68,70,74-76,78-81,83-84,86-88H,3-14,16,18-20,22,24-26,28,30-51,53,55-59,61,63-67,69,71-73H2,1-2H3,(H,82,85)/b17-15-,23-21-,29-27-,54-52+,62-60+,70-68+. The minimum Gasteiger partial charge on any atom is -0.394 e. The first-order valence-electron chi connectivity index (χ1n) is 39.2. The highest BCUT2D eigenvalue weighted by Gasteiger charge is 2.44. The number of nitrogens with one attached hydrogen (secondary N) is 1. The van der Waals surface area contributed by atoms with Crippen molar-refractivity contribution in [1.29, 1.82) is 0 Å². The average molecular weight is 1270 g/mol. The summed E-state index contributed by atoms with van der Waals surface area (Å²) in [5.74, 6) is -0.186. The van der Waals surface area contributed by atoms with Crippen molar-refractivity contribution < 1.29 is 39.8 Å². The van der Waals surface area contributed by atoms with Gasteiger partial charge in [-0.25, -0.2) is 0 Å². The number of rotatable bonds is 69. The van der Waals surface area contributed by atoms with Crippen LogP contribution in [0.4, 0.5) is 0 Å². The summed E-state index contributed by atoms with van der Waals surface area (Å²) in [4.78, 5) is 13.2. The Hall–Kier alpha value is -2.37. The van der Waals surface area contributed by atoms with E-state index in [-0.39, 0.29) is 12.5 Å². The molecule has 1 amide bonds. The molecule has 0 aromatic carbocycles. The summed E-state index contributed by atoms with van der Waals surface area (Å²) in [6, 6.07) is -0.832. The Balaban J connectivity index is 2.11. The fourth-order valence-corrected chi connectivity index (χ4v) is 12.4. The highest BCUT2D eigenvalue weighted by Crippen LogP contribution is 2.24. The number of hydrogen-bond donors (Lipinski definition) is 6. The molecule has 1 rings (SSSR count). The van der Waals surface area contributed by atoms with Crippen LogP contribution in [0.25, 0.3) is 0 Å². The maximum atomic E-state index is 13.2. The number of ether oxygens (including phenoxy) is 2. The lowest BCUT2D eigenvalue weighted by Gasteiger charge is -2.40. The lowest BCUT2D eigenvalue weighted by Crippen LogP contribution is -2.60. The van der Waals surface area contributed by atoms with E-state index in [4.69, 9.17) is 9.47 Å². The van der Waals surface area contributed by atoms with E-state index in [1.165, 1.54) is 302 Å². The third kappa shape index (κ3) is 57.1. The van der Waals surface area contributed by atoms with Crippen molar-refractivity contribution >= 4 is 5.91 Å². The lowest BCUT2D eigenvalue weighted by molar-refractivity contribution is -0.302. The van der Waals surface area contributed by atoms with Gasteiger partial charge in [-0.15, -0.1) is 0 Å². The van der Waals surface area contributed by atoms with Gasteiger partial charge in [0.15, 0.2) is 6.29 Å². The Labute approximate surface area is 557 Å². The van der Waals surface area contributed by atoms with Gasteiger partial charge in [-0.2, -0.15) is 0 Å². The first-order chi connectivity index (χ1) is 44.3. The fourth-order valence-electron chi connectivity index (χ4n) is 12.4. The minimum absolute atomic E-state index is 0.186. The lowest BCUT2D eigenvalue weighted by atomic mass is 9.99. The zero-order valence-corrected chi connectivity index (χ0v) is 59.1. The average Bonchev–Trinajstić information content (AvgIpc) is 1.28. The van der Waals surface area contributed by atoms with Crippen LogP contribution in [0.15, 0.2) is 72.9 Å². The van der Waals surface area contributed by atoms with E-state index in [0.717, 1.165) is 57.8 Å². The number of unbranched alkanes of at least 4 members (excludes halogenated alkanes) is 49.